The third-order valence-electron chi connectivity index (χ3n) is 2.62. The Morgan fingerprint density at radius 3 is 2.71 bits per heavy atom. The molecule has 0 aromatic heterocycles. The molecular formula is C13H18Br2FN. The molecule has 96 valence electrons. The van der Waals surface area contributed by atoms with Gasteiger partial charge in [0.2, 0.25) is 0 Å². The minimum absolute atomic E-state index is 0.125. The molecule has 1 aromatic carbocycles. The lowest BCUT2D eigenvalue weighted by atomic mass is 10.2. The predicted octanol–water partition coefficient (Wildman–Crippen LogP) is 4.59. The molecule has 1 nitrogen and oxygen atoms in total. The summed E-state index contributed by atoms with van der Waals surface area (Å²) < 4.78 is 14.5. The molecule has 0 bridgehead atoms. The highest BCUT2D eigenvalue weighted by molar-refractivity contribution is 9.10. The van der Waals surface area contributed by atoms with E-state index >= 15 is 0 Å². The number of alkyl halides is 1. The monoisotopic (exact) mass is 365 g/mol. The number of hydrogen-bond acceptors (Lipinski definition) is 1. The quantitative estimate of drug-likeness (QED) is 0.504. The van der Waals surface area contributed by atoms with E-state index in [1.807, 2.05) is 13.1 Å². The zero-order valence-corrected chi connectivity index (χ0v) is 13.2. The predicted molar refractivity (Wildman–Crippen MR) is 78.1 cm³/mol. The summed E-state index contributed by atoms with van der Waals surface area (Å²) >= 11 is 6.79. The van der Waals surface area contributed by atoms with Gasteiger partial charge in [-0.3, -0.25) is 0 Å². The molecule has 0 saturated heterocycles. The molecule has 0 N–H and O–H groups in total. The Bertz CT molecular complexity index is 344. The number of hydrogen-bond donors (Lipinski definition) is 0. The standard InChI is InChI=1S/C13H18Br2FN/c1-17(8-4-2-3-7-14)10-11-9-12(15)5-6-13(11)16/h5-6,9H,2-4,7-8,10H2,1H3. The van der Waals surface area contributed by atoms with E-state index in [4.69, 9.17) is 0 Å². The van der Waals surface area contributed by atoms with Gasteiger partial charge in [0, 0.05) is 21.9 Å². The first-order valence-electron chi connectivity index (χ1n) is 5.82. The van der Waals surface area contributed by atoms with Gasteiger partial charge in [0.05, 0.1) is 0 Å². The number of unbranched alkanes of at least 4 members (excludes halogenated alkanes) is 2. The summed E-state index contributed by atoms with van der Waals surface area (Å²) in [6.45, 7) is 1.68. The fraction of sp³-hybridized carbons (Fsp3) is 0.538. The Kier molecular flexibility index (Phi) is 7.32. The van der Waals surface area contributed by atoms with E-state index in [0.717, 1.165) is 28.3 Å². The maximum Gasteiger partial charge on any atom is 0.127 e. The van der Waals surface area contributed by atoms with Gasteiger partial charge in [-0.25, -0.2) is 4.39 Å². The van der Waals surface area contributed by atoms with Crippen molar-refractivity contribution in [2.75, 3.05) is 18.9 Å². The first-order valence-corrected chi connectivity index (χ1v) is 7.73. The van der Waals surface area contributed by atoms with Crippen molar-refractivity contribution in [3.8, 4) is 0 Å². The van der Waals surface area contributed by atoms with Crippen LogP contribution in [0.15, 0.2) is 22.7 Å². The van der Waals surface area contributed by atoms with Gasteiger partial charge in [-0.15, -0.1) is 0 Å². The van der Waals surface area contributed by atoms with Crippen molar-refractivity contribution < 1.29 is 4.39 Å². The van der Waals surface area contributed by atoms with Crippen LogP contribution in [0.5, 0.6) is 0 Å². The lowest BCUT2D eigenvalue weighted by Gasteiger charge is -2.17. The molecule has 0 amide bonds. The van der Waals surface area contributed by atoms with Crippen LogP contribution in [0, 0.1) is 5.82 Å². The van der Waals surface area contributed by atoms with Crippen LogP contribution in [-0.4, -0.2) is 23.8 Å². The topological polar surface area (TPSA) is 3.24 Å². The Labute approximate surface area is 120 Å². The molecule has 0 atom stereocenters. The lowest BCUT2D eigenvalue weighted by Crippen LogP contribution is -2.19. The number of benzene rings is 1. The number of halogens is 3. The van der Waals surface area contributed by atoms with Gasteiger partial charge in [0.15, 0.2) is 0 Å². The van der Waals surface area contributed by atoms with Crippen LogP contribution in [0.4, 0.5) is 4.39 Å². The summed E-state index contributed by atoms with van der Waals surface area (Å²) in [6, 6.07) is 5.09. The third kappa shape index (κ3) is 5.98. The van der Waals surface area contributed by atoms with E-state index in [2.05, 4.69) is 36.8 Å². The summed E-state index contributed by atoms with van der Waals surface area (Å²) in [5, 5.41) is 1.07. The van der Waals surface area contributed by atoms with E-state index in [-0.39, 0.29) is 5.82 Å². The highest BCUT2D eigenvalue weighted by atomic mass is 79.9. The minimum atomic E-state index is -0.125. The van der Waals surface area contributed by atoms with Gasteiger partial charge in [-0.05, 0) is 44.6 Å². The highest BCUT2D eigenvalue weighted by Gasteiger charge is 2.06. The molecule has 17 heavy (non-hydrogen) atoms. The molecule has 0 aliphatic carbocycles. The molecule has 0 heterocycles. The van der Waals surface area contributed by atoms with Gasteiger partial charge < -0.3 is 4.90 Å². The van der Waals surface area contributed by atoms with Crippen molar-refractivity contribution in [1.82, 2.24) is 4.90 Å². The molecule has 0 fully saturated rings. The fourth-order valence-electron chi connectivity index (χ4n) is 1.69. The molecule has 4 heteroatoms. The van der Waals surface area contributed by atoms with E-state index in [1.165, 1.54) is 18.9 Å². The van der Waals surface area contributed by atoms with Crippen molar-refractivity contribution in [3.63, 3.8) is 0 Å². The molecule has 0 unspecified atom stereocenters. The first kappa shape index (κ1) is 15.1. The van der Waals surface area contributed by atoms with Crippen molar-refractivity contribution in [2.45, 2.75) is 25.8 Å². The molecule has 0 radical (unpaired) electrons. The van der Waals surface area contributed by atoms with Gasteiger partial charge in [-0.1, -0.05) is 38.3 Å². The number of rotatable bonds is 7. The van der Waals surface area contributed by atoms with Gasteiger partial charge >= 0.3 is 0 Å². The van der Waals surface area contributed by atoms with Crippen LogP contribution in [-0.2, 0) is 6.54 Å². The Morgan fingerprint density at radius 1 is 1.24 bits per heavy atom. The summed E-state index contributed by atoms with van der Waals surface area (Å²) in [5.74, 6) is -0.125. The molecule has 0 aliphatic rings. The molecular weight excluding hydrogens is 349 g/mol. The summed E-state index contributed by atoms with van der Waals surface area (Å²) in [6.07, 6.45) is 3.59. The van der Waals surface area contributed by atoms with E-state index in [9.17, 15) is 4.39 Å². The first-order chi connectivity index (χ1) is 8.13. The lowest BCUT2D eigenvalue weighted by molar-refractivity contribution is 0.313. The van der Waals surface area contributed by atoms with Crippen LogP contribution in [0.1, 0.15) is 24.8 Å². The van der Waals surface area contributed by atoms with Crippen LogP contribution >= 0.6 is 31.9 Å². The van der Waals surface area contributed by atoms with Crippen molar-refractivity contribution in [3.05, 3.63) is 34.1 Å². The molecule has 0 aliphatic heterocycles. The molecule has 1 aromatic rings. The van der Waals surface area contributed by atoms with E-state index in [0.29, 0.717) is 6.54 Å². The fourth-order valence-corrected chi connectivity index (χ4v) is 2.49. The minimum Gasteiger partial charge on any atom is -0.302 e. The van der Waals surface area contributed by atoms with E-state index < -0.39 is 0 Å². The zero-order chi connectivity index (χ0) is 12.7. The largest absolute Gasteiger partial charge is 0.302 e. The van der Waals surface area contributed by atoms with Crippen molar-refractivity contribution in [1.29, 1.82) is 0 Å². The maximum absolute atomic E-state index is 13.5. The second-order valence-electron chi connectivity index (χ2n) is 4.22. The highest BCUT2D eigenvalue weighted by Crippen LogP contribution is 2.17. The smallest absolute Gasteiger partial charge is 0.127 e. The third-order valence-corrected chi connectivity index (χ3v) is 3.68. The van der Waals surface area contributed by atoms with Crippen molar-refractivity contribution >= 4 is 31.9 Å². The Hall–Kier alpha value is 0.0700. The van der Waals surface area contributed by atoms with Crippen molar-refractivity contribution in [2.24, 2.45) is 0 Å². The molecule has 0 spiro atoms. The Morgan fingerprint density at radius 2 is 2.00 bits per heavy atom. The van der Waals surface area contributed by atoms with E-state index in [1.54, 1.807) is 6.07 Å². The van der Waals surface area contributed by atoms with Crippen LogP contribution < -0.4 is 0 Å². The SMILES string of the molecule is CN(CCCCCBr)Cc1cc(Br)ccc1F. The molecule has 0 saturated carbocycles. The average molecular weight is 367 g/mol. The summed E-state index contributed by atoms with van der Waals surface area (Å²) in [7, 11) is 2.04. The Balaban J connectivity index is 2.39. The second-order valence-corrected chi connectivity index (χ2v) is 5.93. The molecule has 1 rings (SSSR count). The second kappa shape index (κ2) is 8.22. The normalized spacial score (nSPS) is 11.1. The van der Waals surface area contributed by atoms with Crippen LogP contribution in [0.25, 0.3) is 0 Å². The summed E-state index contributed by atoms with van der Waals surface area (Å²) in [5.41, 5.74) is 0.752. The summed E-state index contributed by atoms with van der Waals surface area (Å²) in [4.78, 5) is 2.17. The van der Waals surface area contributed by atoms with Crippen LogP contribution in [0.3, 0.4) is 0 Å². The van der Waals surface area contributed by atoms with Gasteiger partial charge in [0.1, 0.15) is 5.82 Å². The van der Waals surface area contributed by atoms with Crippen LogP contribution in [0.2, 0.25) is 0 Å². The average Bonchev–Trinajstić information content (AvgIpc) is 2.29. The maximum atomic E-state index is 13.5. The zero-order valence-electron chi connectivity index (χ0n) is 10.1. The van der Waals surface area contributed by atoms with Gasteiger partial charge in [-0.2, -0.15) is 0 Å². The van der Waals surface area contributed by atoms with Gasteiger partial charge in [0.25, 0.3) is 0 Å². The number of nitrogens with zero attached hydrogens (tertiary/aromatic N) is 1.